The van der Waals surface area contributed by atoms with Gasteiger partial charge in [0.1, 0.15) is 0 Å². The van der Waals surface area contributed by atoms with Gasteiger partial charge < -0.3 is 0 Å². The molecule has 0 amide bonds. The summed E-state index contributed by atoms with van der Waals surface area (Å²) in [5.41, 5.74) is 1.16. The van der Waals surface area contributed by atoms with Crippen molar-refractivity contribution in [2.45, 2.75) is 17.7 Å². The largest absolute Gasteiger partial charge is 0.245 e. The summed E-state index contributed by atoms with van der Waals surface area (Å²) in [5.74, 6) is 2.73. The van der Waals surface area contributed by atoms with Crippen LogP contribution < -0.4 is 0 Å². The van der Waals surface area contributed by atoms with Crippen LogP contribution in [0.25, 0.3) is 0 Å². The molecule has 0 bridgehead atoms. The lowest BCUT2D eigenvalue weighted by atomic mass is 10.1. The quantitative estimate of drug-likeness (QED) is 0.634. The summed E-state index contributed by atoms with van der Waals surface area (Å²) in [6.07, 6.45) is 1.30. The Morgan fingerprint density at radius 2 is 1.42 bits per heavy atom. The van der Waals surface area contributed by atoms with Crippen LogP contribution in [0.4, 0.5) is 0 Å². The maximum Gasteiger partial charge on any atom is 0.245 e. The fraction of sp³-hybridized carbons (Fsp3) is 0.125. The van der Waals surface area contributed by atoms with E-state index in [0.717, 1.165) is 12.0 Å². The van der Waals surface area contributed by atoms with E-state index in [2.05, 4.69) is 11.2 Å². The van der Waals surface area contributed by atoms with Crippen molar-refractivity contribution in [3.8, 4) is 11.2 Å². The molecule has 0 N–H and O–H groups in total. The maximum absolute atomic E-state index is 11.9. The number of benzene rings is 2. The molecule has 0 heterocycles. The first-order valence-corrected chi connectivity index (χ1v) is 7.50. The molecule has 0 aliphatic heterocycles. The molecule has 19 heavy (non-hydrogen) atoms. The predicted octanol–water partition coefficient (Wildman–Crippen LogP) is 3.05. The van der Waals surface area contributed by atoms with Gasteiger partial charge in [-0.1, -0.05) is 54.5 Å². The Morgan fingerprint density at radius 3 is 2.05 bits per heavy atom. The molecule has 0 saturated carbocycles. The van der Waals surface area contributed by atoms with Crippen molar-refractivity contribution >= 4 is 9.84 Å². The lowest BCUT2D eigenvalue weighted by Gasteiger charge is -1.96. The molecule has 0 unspecified atom stereocenters. The van der Waals surface area contributed by atoms with Crippen LogP contribution in [0.3, 0.4) is 0 Å². The molecule has 0 radical (unpaired) electrons. The highest BCUT2D eigenvalue weighted by molar-refractivity contribution is 7.96. The van der Waals surface area contributed by atoms with Crippen LogP contribution in [-0.2, 0) is 16.3 Å². The zero-order valence-corrected chi connectivity index (χ0v) is 11.2. The lowest BCUT2D eigenvalue weighted by molar-refractivity contribution is 0.606. The SMILES string of the molecule is O=S(=O)(C#CCCc1ccccc1)c1ccccc1. The smallest absolute Gasteiger partial charge is 0.210 e. The third-order valence-electron chi connectivity index (χ3n) is 2.64. The highest BCUT2D eigenvalue weighted by Gasteiger charge is 2.08. The Labute approximate surface area is 114 Å². The van der Waals surface area contributed by atoms with Crippen molar-refractivity contribution in [2.75, 3.05) is 0 Å². The van der Waals surface area contributed by atoms with Gasteiger partial charge in [0.25, 0.3) is 0 Å². The molecule has 0 fully saturated rings. The van der Waals surface area contributed by atoms with Gasteiger partial charge in [-0.05, 0) is 24.1 Å². The zero-order chi connectivity index (χ0) is 13.6. The van der Waals surface area contributed by atoms with Gasteiger partial charge in [-0.15, -0.1) is 0 Å². The first-order valence-electron chi connectivity index (χ1n) is 6.02. The van der Waals surface area contributed by atoms with Crippen LogP contribution >= 0.6 is 0 Å². The number of rotatable bonds is 3. The molecular weight excluding hydrogens is 256 g/mol. The average molecular weight is 270 g/mol. The number of hydrogen-bond donors (Lipinski definition) is 0. The molecule has 96 valence electrons. The third-order valence-corrected chi connectivity index (χ3v) is 3.95. The van der Waals surface area contributed by atoms with Crippen LogP contribution in [-0.4, -0.2) is 8.42 Å². The van der Waals surface area contributed by atoms with Crippen LogP contribution in [0.2, 0.25) is 0 Å². The van der Waals surface area contributed by atoms with Gasteiger partial charge in [0, 0.05) is 11.7 Å². The summed E-state index contributed by atoms with van der Waals surface area (Å²) >= 11 is 0. The minimum atomic E-state index is -3.48. The van der Waals surface area contributed by atoms with E-state index >= 15 is 0 Å². The average Bonchev–Trinajstić information content (AvgIpc) is 2.46. The normalized spacial score (nSPS) is 10.5. The standard InChI is InChI=1S/C16H14O2S/c17-19(18,16-12-5-2-6-13-16)14-8-7-11-15-9-3-1-4-10-15/h1-6,9-10,12-13H,7,11H2. The van der Waals surface area contributed by atoms with E-state index in [1.165, 1.54) is 0 Å². The Bertz CT molecular complexity index is 678. The Balaban J connectivity index is 2.01. The van der Waals surface area contributed by atoms with Gasteiger partial charge in [0.05, 0.1) is 4.90 Å². The topological polar surface area (TPSA) is 34.1 Å². The summed E-state index contributed by atoms with van der Waals surface area (Å²) in [7, 11) is -3.48. The van der Waals surface area contributed by atoms with Gasteiger partial charge in [-0.25, -0.2) is 8.42 Å². The molecule has 0 atom stereocenters. The zero-order valence-electron chi connectivity index (χ0n) is 10.4. The molecule has 0 spiro atoms. The molecule has 3 heteroatoms. The van der Waals surface area contributed by atoms with Crippen LogP contribution in [0.15, 0.2) is 65.6 Å². The molecule has 0 aromatic heterocycles. The van der Waals surface area contributed by atoms with Gasteiger partial charge in [0.2, 0.25) is 9.84 Å². The molecule has 2 rings (SSSR count). The molecular formula is C16H14O2S. The second-order valence-electron chi connectivity index (χ2n) is 4.08. The van der Waals surface area contributed by atoms with E-state index in [9.17, 15) is 8.42 Å². The molecule has 0 aliphatic rings. The number of hydrogen-bond acceptors (Lipinski definition) is 2. The second-order valence-corrected chi connectivity index (χ2v) is 5.76. The predicted molar refractivity (Wildman–Crippen MR) is 76.2 cm³/mol. The minimum Gasteiger partial charge on any atom is -0.210 e. The summed E-state index contributed by atoms with van der Waals surface area (Å²) < 4.78 is 23.7. The van der Waals surface area contributed by atoms with Crippen molar-refractivity contribution in [3.05, 3.63) is 66.2 Å². The summed E-state index contributed by atoms with van der Waals surface area (Å²) in [5, 5.41) is 2.37. The van der Waals surface area contributed by atoms with Crippen LogP contribution in [0.1, 0.15) is 12.0 Å². The van der Waals surface area contributed by atoms with E-state index in [-0.39, 0.29) is 4.90 Å². The monoisotopic (exact) mass is 270 g/mol. The van der Waals surface area contributed by atoms with Crippen molar-refractivity contribution in [1.29, 1.82) is 0 Å². The summed E-state index contributed by atoms with van der Waals surface area (Å²) in [6.45, 7) is 0. The van der Waals surface area contributed by atoms with Crippen LogP contribution in [0.5, 0.6) is 0 Å². The first-order chi connectivity index (χ1) is 9.18. The fourth-order valence-corrected chi connectivity index (χ4v) is 2.58. The summed E-state index contributed by atoms with van der Waals surface area (Å²) in [6, 6.07) is 18.2. The van der Waals surface area contributed by atoms with Crippen molar-refractivity contribution in [1.82, 2.24) is 0 Å². The van der Waals surface area contributed by atoms with Crippen LogP contribution in [0, 0.1) is 11.2 Å². The van der Waals surface area contributed by atoms with Crippen molar-refractivity contribution < 1.29 is 8.42 Å². The molecule has 2 nitrogen and oxygen atoms in total. The van der Waals surface area contributed by atoms with Gasteiger partial charge in [0.15, 0.2) is 0 Å². The maximum atomic E-state index is 11.9. The van der Waals surface area contributed by atoms with E-state index in [1.54, 1.807) is 30.3 Å². The summed E-state index contributed by atoms with van der Waals surface area (Å²) in [4.78, 5) is 0.252. The molecule has 2 aromatic rings. The van der Waals surface area contributed by atoms with E-state index in [4.69, 9.17) is 0 Å². The Morgan fingerprint density at radius 1 is 0.842 bits per heavy atom. The molecule has 2 aromatic carbocycles. The fourth-order valence-electron chi connectivity index (χ4n) is 1.66. The van der Waals surface area contributed by atoms with E-state index in [1.807, 2.05) is 30.3 Å². The van der Waals surface area contributed by atoms with E-state index < -0.39 is 9.84 Å². The lowest BCUT2D eigenvalue weighted by Crippen LogP contribution is -1.96. The highest BCUT2D eigenvalue weighted by Crippen LogP contribution is 2.08. The second kappa shape index (κ2) is 6.21. The third kappa shape index (κ3) is 3.97. The highest BCUT2D eigenvalue weighted by atomic mass is 32.2. The Hall–Kier alpha value is -2.05. The molecule has 0 aliphatic carbocycles. The van der Waals surface area contributed by atoms with Crippen molar-refractivity contribution in [3.63, 3.8) is 0 Å². The Kier molecular flexibility index (Phi) is 4.38. The number of aryl methyl sites for hydroxylation is 1. The van der Waals surface area contributed by atoms with Gasteiger partial charge >= 0.3 is 0 Å². The molecule has 0 saturated heterocycles. The minimum absolute atomic E-state index is 0.252. The van der Waals surface area contributed by atoms with Gasteiger partial charge in [-0.2, -0.15) is 0 Å². The first kappa shape index (κ1) is 13.4. The van der Waals surface area contributed by atoms with Gasteiger partial charge in [-0.3, -0.25) is 0 Å². The van der Waals surface area contributed by atoms with Crippen molar-refractivity contribution in [2.24, 2.45) is 0 Å². The number of sulfone groups is 1. The van der Waals surface area contributed by atoms with E-state index in [0.29, 0.717) is 6.42 Å².